The molecule has 3 heteroatoms. The van der Waals surface area contributed by atoms with Crippen molar-refractivity contribution in [2.75, 3.05) is 34.3 Å². The highest BCUT2D eigenvalue weighted by atomic mass is 16.5. The number of quaternary nitrogens is 1. The first-order valence-corrected chi connectivity index (χ1v) is 7.73. The number of hydrogen-bond donors (Lipinski definition) is 1. The van der Waals surface area contributed by atoms with Crippen LogP contribution < -0.4 is 0 Å². The predicted molar refractivity (Wildman–Crippen MR) is 77.8 cm³/mol. The topological polar surface area (TPSA) is 29.5 Å². The van der Waals surface area contributed by atoms with E-state index in [0.29, 0.717) is 30.0 Å². The average molecular weight is 270 g/mol. The maximum absolute atomic E-state index is 10.1. The Morgan fingerprint density at radius 1 is 1.21 bits per heavy atom. The molecule has 0 aromatic carbocycles. The van der Waals surface area contributed by atoms with E-state index >= 15 is 0 Å². The fourth-order valence-corrected chi connectivity index (χ4v) is 4.68. The molecule has 5 atom stereocenters. The summed E-state index contributed by atoms with van der Waals surface area (Å²) in [5, 5.41) is 10.1. The maximum atomic E-state index is 10.1. The zero-order valence-electron chi connectivity index (χ0n) is 13.5. The molecule has 2 bridgehead atoms. The van der Waals surface area contributed by atoms with Crippen LogP contribution >= 0.6 is 0 Å². The Hall–Kier alpha value is -0.120. The molecule has 2 saturated carbocycles. The van der Waals surface area contributed by atoms with Crippen molar-refractivity contribution in [2.24, 2.45) is 23.2 Å². The van der Waals surface area contributed by atoms with E-state index in [2.05, 4.69) is 41.9 Å². The van der Waals surface area contributed by atoms with Crippen LogP contribution in [0.1, 0.15) is 33.6 Å². The molecule has 0 spiro atoms. The van der Waals surface area contributed by atoms with Gasteiger partial charge in [-0.05, 0) is 36.0 Å². The fraction of sp³-hybridized carbons (Fsp3) is 1.00. The van der Waals surface area contributed by atoms with Crippen molar-refractivity contribution in [2.45, 2.75) is 45.8 Å². The second kappa shape index (κ2) is 5.01. The van der Waals surface area contributed by atoms with Crippen LogP contribution in [0.2, 0.25) is 0 Å². The minimum Gasteiger partial charge on any atom is -0.385 e. The summed E-state index contributed by atoms with van der Waals surface area (Å²) in [6.45, 7) is 8.38. The minimum absolute atomic E-state index is 0.352. The van der Waals surface area contributed by atoms with E-state index in [1.807, 2.05) is 0 Å². The molecule has 0 radical (unpaired) electrons. The Kier molecular flexibility index (Phi) is 4.03. The Morgan fingerprint density at radius 2 is 1.79 bits per heavy atom. The number of hydrogen-bond acceptors (Lipinski definition) is 2. The number of nitrogens with zero attached hydrogens (tertiary/aromatic N) is 1. The van der Waals surface area contributed by atoms with E-state index in [1.54, 1.807) is 0 Å². The lowest BCUT2D eigenvalue weighted by Crippen LogP contribution is -2.44. The van der Waals surface area contributed by atoms with Gasteiger partial charge in [-0.15, -0.1) is 0 Å². The molecular weight excluding hydrogens is 238 g/mol. The third kappa shape index (κ3) is 2.98. The van der Waals surface area contributed by atoms with Crippen LogP contribution in [-0.2, 0) is 4.74 Å². The smallest absolute Gasteiger partial charge is 0.126 e. The largest absolute Gasteiger partial charge is 0.385 e. The summed E-state index contributed by atoms with van der Waals surface area (Å²) in [7, 11) is 6.31. The molecule has 19 heavy (non-hydrogen) atoms. The van der Waals surface area contributed by atoms with Crippen molar-refractivity contribution in [3.8, 4) is 0 Å². The van der Waals surface area contributed by atoms with E-state index in [1.165, 1.54) is 12.8 Å². The summed E-state index contributed by atoms with van der Waals surface area (Å²) in [4.78, 5) is 0. The minimum atomic E-state index is -0.352. The van der Waals surface area contributed by atoms with Gasteiger partial charge in [0.2, 0.25) is 0 Å². The maximum Gasteiger partial charge on any atom is 0.126 e. The van der Waals surface area contributed by atoms with Gasteiger partial charge in [0, 0.05) is 0 Å². The highest BCUT2D eigenvalue weighted by Crippen LogP contribution is 2.60. The summed E-state index contributed by atoms with van der Waals surface area (Å²) >= 11 is 0. The number of rotatable bonds is 5. The molecular formula is C16H32NO2+. The van der Waals surface area contributed by atoms with Gasteiger partial charge < -0.3 is 14.3 Å². The second-order valence-corrected chi connectivity index (χ2v) is 8.40. The van der Waals surface area contributed by atoms with Gasteiger partial charge in [-0.3, -0.25) is 0 Å². The normalized spacial score (nSPS) is 38.7. The van der Waals surface area contributed by atoms with Crippen molar-refractivity contribution >= 4 is 0 Å². The predicted octanol–water partition coefficient (Wildman–Crippen LogP) is 2.14. The number of aliphatic hydroxyl groups excluding tert-OH is 1. The lowest BCUT2D eigenvalue weighted by molar-refractivity contribution is -0.873. The van der Waals surface area contributed by atoms with Crippen molar-refractivity contribution < 1.29 is 14.3 Å². The molecule has 3 nitrogen and oxygen atoms in total. The van der Waals surface area contributed by atoms with E-state index in [0.717, 1.165) is 16.9 Å². The summed E-state index contributed by atoms with van der Waals surface area (Å²) < 4.78 is 6.91. The average Bonchev–Trinajstić information content (AvgIpc) is 2.60. The van der Waals surface area contributed by atoms with Crippen LogP contribution in [0.4, 0.5) is 0 Å². The van der Waals surface area contributed by atoms with Gasteiger partial charge in [0.1, 0.15) is 12.6 Å². The molecule has 0 amide bonds. The van der Waals surface area contributed by atoms with Crippen LogP contribution in [0.25, 0.3) is 0 Å². The summed E-state index contributed by atoms with van der Waals surface area (Å²) in [6.07, 6.45) is 2.67. The van der Waals surface area contributed by atoms with Crippen molar-refractivity contribution in [1.82, 2.24) is 0 Å². The number of likely N-dealkylation sites (N-methyl/N-ethyl adjacent to an activating group) is 1. The van der Waals surface area contributed by atoms with Crippen molar-refractivity contribution in [3.63, 3.8) is 0 Å². The first-order valence-electron chi connectivity index (χ1n) is 7.73. The molecule has 1 N–H and O–H groups in total. The summed E-state index contributed by atoms with van der Waals surface area (Å²) in [5.41, 5.74) is 0.426. The zero-order valence-corrected chi connectivity index (χ0v) is 13.5. The lowest BCUT2D eigenvalue weighted by atomic mass is 9.80. The van der Waals surface area contributed by atoms with Crippen LogP contribution in [0.15, 0.2) is 0 Å². The molecule has 0 unspecified atom stereocenters. The van der Waals surface area contributed by atoms with E-state index in [-0.39, 0.29) is 6.10 Å². The van der Waals surface area contributed by atoms with E-state index < -0.39 is 0 Å². The van der Waals surface area contributed by atoms with Gasteiger partial charge >= 0.3 is 0 Å². The van der Waals surface area contributed by atoms with Gasteiger partial charge in [0.25, 0.3) is 0 Å². The Morgan fingerprint density at radius 3 is 2.26 bits per heavy atom. The second-order valence-electron chi connectivity index (χ2n) is 8.40. The van der Waals surface area contributed by atoms with Crippen molar-refractivity contribution in [1.29, 1.82) is 0 Å². The Labute approximate surface area is 118 Å². The van der Waals surface area contributed by atoms with Crippen LogP contribution in [0, 0.1) is 23.2 Å². The van der Waals surface area contributed by atoms with Crippen LogP contribution in [-0.4, -0.2) is 56.1 Å². The Balaban J connectivity index is 1.88. The molecule has 2 rings (SSSR count). The molecule has 112 valence electrons. The monoisotopic (exact) mass is 270 g/mol. The Bertz CT molecular complexity index is 321. The SMILES string of the molecule is C[C@@H]1[C@@H](OC[C@@H](O)C[N+](C)(C)C)[C@@H]2CC[C@H]1C2(C)C. The van der Waals surface area contributed by atoms with Crippen molar-refractivity contribution in [3.05, 3.63) is 0 Å². The van der Waals surface area contributed by atoms with Gasteiger partial charge in [0.15, 0.2) is 0 Å². The van der Waals surface area contributed by atoms with E-state index in [9.17, 15) is 5.11 Å². The molecule has 2 aliphatic carbocycles. The molecule has 0 saturated heterocycles. The quantitative estimate of drug-likeness (QED) is 0.776. The van der Waals surface area contributed by atoms with Gasteiger partial charge in [-0.2, -0.15) is 0 Å². The fourth-order valence-electron chi connectivity index (χ4n) is 4.68. The molecule has 0 aliphatic heterocycles. The molecule has 2 fully saturated rings. The van der Waals surface area contributed by atoms with Crippen LogP contribution in [0.5, 0.6) is 0 Å². The summed E-state index contributed by atoms with van der Waals surface area (Å²) in [5.74, 6) is 2.13. The first kappa shape index (κ1) is 15.3. The third-order valence-corrected chi connectivity index (χ3v) is 5.49. The highest BCUT2D eigenvalue weighted by molar-refractivity contribution is 5.06. The van der Waals surface area contributed by atoms with E-state index in [4.69, 9.17) is 4.74 Å². The zero-order chi connectivity index (χ0) is 14.4. The molecule has 0 aromatic rings. The summed E-state index contributed by atoms with van der Waals surface area (Å²) in [6, 6.07) is 0. The van der Waals surface area contributed by atoms with Gasteiger partial charge in [-0.1, -0.05) is 20.8 Å². The highest BCUT2D eigenvalue weighted by Gasteiger charge is 2.57. The third-order valence-electron chi connectivity index (χ3n) is 5.49. The number of fused-ring (bicyclic) bond motifs is 2. The number of aliphatic hydroxyl groups is 1. The van der Waals surface area contributed by atoms with Gasteiger partial charge in [-0.25, -0.2) is 0 Å². The molecule has 2 aliphatic rings. The standard InChI is InChI=1S/C16H32NO2/c1-11-13-7-8-14(16(13,2)3)15(11)19-10-12(18)9-17(4,5)6/h11-15,18H,7-10H2,1-6H3/q+1/t11-,12-,13+,14-,15+/m0/s1. The molecule has 0 heterocycles. The lowest BCUT2D eigenvalue weighted by Gasteiger charge is -2.31. The van der Waals surface area contributed by atoms with Gasteiger partial charge in [0.05, 0.1) is 33.9 Å². The molecule has 0 aromatic heterocycles. The van der Waals surface area contributed by atoms with Crippen LogP contribution in [0.3, 0.4) is 0 Å². The first-order chi connectivity index (χ1) is 8.63. The number of ether oxygens (including phenoxy) is 1.